The summed E-state index contributed by atoms with van der Waals surface area (Å²) in [6.07, 6.45) is 3.28. The molecule has 25 heavy (non-hydrogen) atoms. The van der Waals surface area contributed by atoms with Crippen molar-refractivity contribution >= 4 is 23.2 Å². The van der Waals surface area contributed by atoms with Crippen LogP contribution < -0.4 is 0 Å². The Kier molecular flexibility index (Phi) is 4.34. The van der Waals surface area contributed by atoms with Crippen molar-refractivity contribution in [2.75, 3.05) is 13.1 Å². The number of likely N-dealkylation sites (tertiary alicyclic amines) is 1. The summed E-state index contributed by atoms with van der Waals surface area (Å²) in [5.74, 6) is -0.477. The highest BCUT2D eigenvalue weighted by atomic mass is 32.1. The number of amides is 1. The van der Waals surface area contributed by atoms with Crippen LogP contribution in [-0.2, 0) is 22.4 Å². The van der Waals surface area contributed by atoms with Crippen LogP contribution in [0.1, 0.15) is 40.6 Å². The van der Waals surface area contributed by atoms with Crippen molar-refractivity contribution in [3.05, 3.63) is 46.3 Å². The second kappa shape index (κ2) is 6.64. The molecule has 2 heterocycles. The van der Waals surface area contributed by atoms with E-state index in [-0.39, 0.29) is 5.91 Å². The molecule has 0 bridgehead atoms. The first kappa shape index (κ1) is 16.3. The summed E-state index contributed by atoms with van der Waals surface area (Å²) in [6, 6.07) is 10.3. The summed E-state index contributed by atoms with van der Waals surface area (Å²) in [5, 5.41) is 0. The van der Waals surface area contributed by atoms with Crippen LogP contribution in [0.5, 0.6) is 0 Å². The first-order chi connectivity index (χ1) is 12.1. The zero-order chi connectivity index (χ0) is 17.4. The van der Waals surface area contributed by atoms with Gasteiger partial charge in [-0.3, -0.25) is 4.79 Å². The lowest BCUT2D eigenvalue weighted by Crippen LogP contribution is -2.38. The molecule has 130 valence electrons. The Morgan fingerprint density at radius 1 is 1.12 bits per heavy atom. The van der Waals surface area contributed by atoms with E-state index in [4.69, 9.17) is 4.74 Å². The van der Waals surface area contributed by atoms with Gasteiger partial charge in [-0.25, -0.2) is 4.79 Å². The van der Waals surface area contributed by atoms with Crippen molar-refractivity contribution in [1.29, 1.82) is 0 Å². The number of esters is 1. The van der Waals surface area contributed by atoms with Gasteiger partial charge in [-0.1, -0.05) is 24.3 Å². The van der Waals surface area contributed by atoms with E-state index < -0.39 is 12.1 Å². The molecule has 0 saturated carbocycles. The van der Waals surface area contributed by atoms with Crippen LogP contribution >= 0.6 is 11.3 Å². The van der Waals surface area contributed by atoms with E-state index in [0.717, 1.165) is 43.6 Å². The number of fused-ring (bicyclic) bond motifs is 3. The quantitative estimate of drug-likeness (QED) is 0.789. The summed E-state index contributed by atoms with van der Waals surface area (Å²) < 4.78 is 5.46. The molecule has 4 rings (SSSR count). The fraction of sp³-hybridized carbons (Fsp3) is 0.400. The largest absolute Gasteiger partial charge is 0.448 e. The first-order valence-corrected chi connectivity index (χ1v) is 9.66. The standard InChI is InChI=1S/C20H21NO3S/c1-13(19(22)21-10-4-5-11-21)24-20(23)17-12-15-9-8-14-6-2-3-7-16(14)18(15)25-17/h2-3,6-7,12-13H,4-5,8-11H2,1H3/t13-/m1/s1. The highest BCUT2D eigenvalue weighted by molar-refractivity contribution is 7.17. The number of aryl methyl sites for hydroxylation is 2. The molecule has 1 amide bonds. The molecule has 1 aromatic carbocycles. The number of nitrogens with zero attached hydrogens (tertiary/aromatic N) is 1. The van der Waals surface area contributed by atoms with Crippen LogP contribution in [-0.4, -0.2) is 36.0 Å². The maximum atomic E-state index is 12.5. The van der Waals surface area contributed by atoms with E-state index >= 15 is 0 Å². The molecular formula is C20H21NO3S. The molecule has 1 aromatic heterocycles. The summed E-state index contributed by atoms with van der Waals surface area (Å²) in [6.45, 7) is 3.21. The predicted octanol–water partition coefficient (Wildman–Crippen LogP) is 3.68. The summed E-state index contributed by atoms with van der Waals surface area (Å²) in [7, 11) is 0. The van der Waals surface area contributed by atoms with Crippen LogP contribution in [0.3, 0.4) is 0 Å². The van der Waals surface area contributed by atoms with Gasteiger partial charge in [0.1, 0.15) is 4.88 Å². The van der Waals surface area contributed by atoms with Gasteiger partial charge in [0.2, 0.25) is 0 Å². The Morgan fingerprint density at radius 3 is 2.64 bits per heavy atom. The molecule has 1 aliphatic heterocycles. The SMILES string of the molecule is C[C@@H](OC(=O)c1cc2c(s1)-c1ccccc1CC2)C(=O)N1CCCC1. The molecule has 4 nitrogen and oxygen atoms in total. The average molecular weight is 355 g/mol. The van der Waals surface area contributed by atoms with Gasteiger partial charge in [0, 0.05) is 18.0 Å². The molecule has 0 radical (unpaired) electrons. The van der Waals surface area contributed by atoms with E-state index in [0.29, 0.717) is 4.88 Å². The molecule has 5 heteroatoms. The van der Waals surface area contributed by atoms with Crippen LogP contribution in [0.4, 0.5) is 0 Å². The maximum absolute atomic E-state index is 12.5. The molecule has 1 fully saturated rings. The van der Waals surface area contributed by atoms with Gasteiger partial charge in [0.05, 0.1) is 0 Å². The number of carbonyl (C=O) groups is 2. The van der Waals surface area contributed by atoms with E-state index in [2.05, 4.69) is 18.2 Å². The Balaban J connectivity index is 1.50. The van der Waals surface area contributed by atoms with E-state index in [1.807, 2.05) is 12.1 Å². The highest BCUT2D eigenvalue weighted by Crippen LogP contribution is 2.39. The minimum Gasteiger partial charge on any atom is -0.448 e. The molecule has 1 atom stereocenters. The van der Waals surface area contributed by atoms with E-state index in [9.17, 15) is 9.59 Å². The average Bonchev–Trinajstić information content (AvgIpc) is 3.30. The molecule has 0 unspecified atom stereocenters. The van der Waals surface area contributed by atoms with Gasteiger partial charge in [0.15, 0.2) is 6.10 Å². The highest BCUT2D eigenvalue weighted by Gasteiger charge is 2.28. The number of hydrogen-bond donors (Lipinski definition) is 0. The molecule has 2 aliphatic rings. The third-order valence-corrected chi connectivity index (χ3v) is 6.18. The topological polar surface area (TPSA) is 46.6 Å². The summed E-state index contributed by atoms with van der Waals surface area (Å²) in [4.78, 5) is 28.4. The smallest absolute Gasteiger partial charge is 0.349 e. The van der Waals surface area contributed by atoms with Gasteiger partial charge in [0.25, 0.3) is 5.91 Å². The fourth-order valence-corrected chi connectivity index (χ4v) is 4.79. The second-order valence-corrected chi connectivity index (χ2v) is 7.75. The number of carbonyl (C=O) groups excluding carboxylic acids is 2. The fourth-order valence-electron chi connectivity index (χ4n) is 3.64. The van der Waals surface area contributed by atoms with Crippen LogP contribution in [0.25, 0.3) is 10.4 Å². The summed E-state index contributed by atoms with van der Waals surface area (Å²) in [5.41, 5.74) is 3.75. The predicted molar refractivity (Wildman–Crippen MR) is 97.9 cm³/mol. The van der Waals surface area contributed by atoms with Crippen molar-refractivity contribution in [2.45, 2.75) is 38.7 Å². The van der Waals surface area contributed by atoms with E-state index in [1.54, 1.807) is 11.8 Å². The molecule has 1 saturated heterocycles. The minimum absolute atomic E-state index is 0.0856. The maximum Gasteiger partial charge on any atom is 0.349 e. The van der Waals surface area contributed by atoms with Crippen molar-refractivity contribution in [1.82, 2.24) is 4.90 Å². The van der Waals surface area contributed by atoms with Crippen LogP contribution in [0.2, 0.25) is 0 Å². The lowest BCUT2D eigenvalue weighted by Gasteiger charge is -2.20. The van der Waals surface area contributed by atoms with Crippen molar-refractivity contribution in [2.24, 2.45) is 0 Å². The molecular weight excluding hydrogens is 334 g/mol. The Bertz CT molecular complexity index is 820. The molecule has 2 aromatic rings. The van der Waals surface area contributed by atoms with Gasteiger partial charge in [-0.2, -0.15) is 0 Å². The van der Waals surface area contributed by atoms with Gasteiger partial charge >= 0.3 is 5.97 Å². The monoisotopic (exact) mass is 355 g/mol. The molecule has 1 aliphatic carbocycles. The number of ether oxygens (including phenoxy) is 1. The number of benzene rings is 1. The van der Waals surface area contributed by atoms with Crippen molar-refractivity contribution in [3.63, 3.8) is 0 Å². The van der Waals surface area contributed by atoms with Crippen LogP contribution in [0.15, 0.2) is 30.3 Å². The Hall–Kier alpha value is -2.14. The first-order valence-electron chi connectivity index (χ1n) is 8.84. The Morgan fingerprint density at radius 2 is 1.84 bits per heavy atom. The van der Waals surface area contributed by atoms with Crippen molar-refractivity contribution in [3.8, 4) is 10.4 Å². The zero-order valence-electron chi connectivity index (χ0n) is 14.3. The zero-order valence-corrected chi connectivity index (χ0v) is 15.1. The summed E-state index contributed by atoms with van der Waals surface area (Å²) >= 11 is 1.47. The van der Waals surface area contributed by atoms with Gasteiger partial charge in [-0.05, 0) is 55.4 Å². The number of rotatable bonds is 3. The lowest BCUT2D eigenvalue weighted by atomic mass is 9.91. The second-order valence-electron chi connectivity index (χ2n) is 6.70. The third-order valence-electron chi connectivity index (χ3n) is 4.99. The van der Waals surface area contributed by atoms with Gasteiger partial charge in [-0.15, -0.1) is 11.3 Å². The van der Waals surface area contributed by atoms with E-state index in [1.165, 1.54) is 28.0 Å². The minimum atomic E-state index is -0.725. The number of hydrogen-bond acceptors (Lipinski definition) is 4. The lowest BCUT2D eigenvalue weighted by molar-refractivity contribution is -0.138. The molecule has 0 N–H and O–H groups in total. The Labute approximate surface area is 151 Å². The van der Waals surface area contributed by atoms with Crippen LogP contribution in [0, 0.1) is 0 Å². The van der Waals surface area contributed by atoms with Crippen molar-refractivity contribution < 1.29 is 14.3 Å². The number of thiophene rings is 1. The molecule has 0 spiro atoms. The third kappa shape index (κ3) is 3.09. The normalized spacial score (nSPS) is 16.9. The van der Waals surface area contributed by atoms with Gasteiger partial charge < -0.3 is 9.64 Å².